The van der Waals surface area contributed by atoms with Gasteiger partial charge in [-0.1, -0.05) is 41.9 Å². The molecule has 0 unspecified atom stereocenters. The van der Waals surface area contributed by atoms with Crippen LogP contribution in [0.3, 0.4) is 0 Å². The molecule has 0 bridgehead atoms. The van der Waals surface area contributed by atoms with Gasteiger partial charge in [0.05, 0.1) is 13.3 Å². The number of amides is 2. The van der Waals surface area contributed by atoms with Gasteiger partial charge in [0.15, 0.2) is 0 Å². The summed E-state index contributed by atoms with van der Waals surface area (Å²) in [5.41, 5.74) is 3.83. The fourth-order valence-electron chi connectivity index (χ4n) is 2.06. The monoisotopic (exact) mass is 359 g/mol. The Morgan fingerprint density at radius 3 is 2.64 bits per heavy atom. The number of benzene rings is 2. The van der Waals surface area contributed by atoms with E-state index in [9.17, 15) is 9.59 Å². The van der Waals surface area contributed by atoms with Crippen LogP contribution in [0.15, 0.2) is 53.6 Å². The molecule has 0 aliphatic rings. The van der Waals surface area contributed by atoms with E-state index in [0.29, 0.717) is 29.3 Å². The topological polar surface area (TPSA) is 79.8 Å². The second-order valence-corrected chi connectivity index (χ2v) is 5.51. The molecule has 7 heteroatoms. The highest BCUT2D eigenvalue weighted by Gasteiger charge is 2.11. The lowest BCUT2D eigenvalue weighted by Gasteiger charge is -2.05. The molecule has 0 aliphatic carbocycles. The molecular formula is C18H18ClN3O3. The first kappa shape index (κ1) is 18.5. The van der Waals surface area contributed by atoms with Gasteiger partial charge in [0.2, 0.25) is 0 Å². The number of methoxy groups -OCH3 is 1. The third kappa shape index (κ3) is 5.93. The van der Waals surface area contributed by atoms with Crippen LogP contribution < -0.4 is 15.5 Å². The van der Waals surface area contributed by atoms with Crippen molar-refractivity contribution in [2.24, 2.45) is 5.10 Å². The number of nitrogens with zero attached hydrogens (tertiary/aromatic N) is 1. The average Bonchev–Trinajstić information content (AvgIpc) is 2.62. The minimum Gasteiger partial charge on any atom is -0.496 e. The minimum atomic E-state index is -0.842. The van der Waals surface area contributed by atoms with Crippen LogP contribution in [0.25, 0.3) is 0 Å². The summed E-state index contributed by atoms with van der Waals surface area (Å²) < 4.78 is 5.16. The molecule has 2 rings (SSSR count). The highest BCUT2D eigenvalue weighted by Crippen LogP contribution is 2.20. The van der Waals surface area contributed by atoms with Crippen LogP contribution in [-0.2, 0) is 16.0 Å². The molecule has 0 saturated carbocycles. The number of hydrogen-bond donors (Lipinski definition) is 2. The molecule has 2 aromatic carbocycles. The quantitative estimate of drug-likeness (QED) is 0.471. The smallest absolute Gasteiger partial charge is 0.329 e. The van der Waals surface area contributed by atoms with E-state index in [0.717, 1.165) is 5.56 Å². The third-order valence-corrected chi connectivity index (χ3v) is 3.54. The van der Waals surface area contributed by atoms with Crippen molar-refractivity contribution in [1.82, 2.24) is 10.7 Å². The zero-order chi connectivity index (χ0) is 18.1. The van der Waals surface area contributed by atoms with Crippen molar-refractivity contribution in [3.05, 3.63) is 64.7 Å². The van der Waals surface area contributed by atoms with E-state index in [1.165, 1.54) is 13.3 Å². The van der Waals surface area contributed by atoms with Gasteiger partial charge >= 0.3 is 11.8 Å². The number of carbonyl (C=O) groups is 2. The van der Waals surface area contributed by atoms with Gasteiger partial charge in [0, 0.05) is 17.1 Å². The Morgan fingerprint density at radius 2 is 1.92 bits per heavy atom. The second kappa shape index (κ2) is 9.44. The number of carbonyl (C=O) groups excluding carboxylic acids is 2. The summed E-state index contributed by atoms with van der Waals surface area (Å²) in [6, 6.07) is 14.7. The Morgan fingerprint density at radius 1 is 1.16 bits per heavy atom. The Hall–Kier alpha value is -2.86. The first-order chi connectivity index (χ1) is 12.1. The summed E-state index contributed by atoms with van der Waals surface area (Å²) in [4.78, 5) is 23.4. The Labute approximate surface area is 150 Å². The number of nitrogens with one attached hydrogen (secondary N) is 2. The predicted molar refractivity (Wildman–Crippen MR) is 96.9 cm³/mol. The molecule has 2 amide bonds. The van der Waals surface area contributed by atoms with Crippen LogP contribution >= 0.6 is 11.6 Å². The van der Waals surface area contributed by atoms with E-state index in [2.05, 4.69) is 15.8 Å². The molecule has 0 aromatic heterocycles. The van der Waals surface area contributed by atoms with Crippen molar-refractivity contribution < 1.29 is 14.3 Å². The van der Waals surface area contributed by atoms with Crippen molar-refractivity contribution in [3.63, 3.8) is 0 Å². The maximum absolute atomic E-state index is 11.7. The highest BCUT2D eigenvalue weighted by molar-refractivity contribution is 6.35. The van der Waals surface area contributed by atoms with Crippen LogP contribution in [-0.4, -0.2) is 31.7 Å². The number of ether oxygens (including phenoxy) is 1. The van der Waals surface area contributed by atoms with Crippen LogP contribution in [0.4, 0.5) is 0 Å². The maximum atomic E-state index is 11.7. The summed E-state index contributed by atoms with van der Waals surface area (Å²) >= 11 is 5.90. The van der Waals surface area contributed by atoms with Crippen LogP contribution in [0.1, 0.15) is 11.1 Å². The molecule has 0 radical (unpaired) electrons. The van der Waals surface area contributed by atoms with Gasteiger partial charge < -0.3 is 10.1 Å². The van der Waals surface area contributed by atoms with Crippen molar-refractivity contribution >= 4 is 29.6 Å². The Bertz CT molecular complexity index is 763. The van der Waals surface area contributed by atoms with Crippen molar-refractivity contribution in [2.45, 2.75) is 6.42 Å². The van der Waals surface area contributed by atoms with Crippen molar-refractivity contribution in [2.75, 3.05) is 13.7 Å². The normalized spacial score (nSPS) is 10.5. The summed E-state index contributed by atoms with van der Waals surface area (Å²) in [7, 11) is 1.51. The van der Waals surface area contributed by atoms with Crippen molar-refractivity contribution in [3.8, 4) is 5.75 Å². The van der Waals surface area contributed by atoms with Crippen LogP contribution in [0.2, 0.25) is 5.02 Å². The third-order valence-electron chi connectivity index (χ3n) is 3.31. The fraction of sp³-hybridized carbons (Fsp3) is 0.167. The SMILES string of the molecule is COc1ccc(Cl)cc1/C=N\NC(=O)C(=O)NCCc1ccccc1. The molecule has 0 atom stereocenters. The number of hydrazone groups is 1. The summed E-state index contributed by atoms with van der Waals surface area (Å²) in [5, 5.41) is 6.80. The average molecular weight is 360 g/mol. The van der Waals surface area contributed by atoms with E-state index in [-0.39, 0.29) is 0 Å². The van der Waals surface area contributed by atoms with E-state index in [1.807, 2.05) is 30.3 Å². The van der Waals surface area contributed by atoms with E-state index in [1.54, 1.807) is 18.2 Å². The summed E-state index contributed by atoms with van der Waals surface area (Å²) in [6.07, 6.45) is 2.00. The number of hydrogen-bond acceptors (Lipinski definition) is 4. The van der Waals surface area contributed by atoms with Gasteiger partial charge in [0.25, 0.3) is 0 Å². The predicted octanol–water partition coefficient (Wildman–Crippen LogP) is 2.16. The molecule has 2 aromatic rings. The molecule has 0 fully saturated rings. The van der Waals surface area contributed by atoms with Gasteiger partial charge in [-0.25, -0.2) is 5.43 Å². The molecule has 0 saturated heterocycles. The van der Waals surface area contributed by atoms with Gasteiger partial charge in [-0.05, 0) is 30.2 Å². The van der Waals surface area contributed by atoms with E-state index in [4.69, 9.17) is 16.3 Å². The van der Waals surface area contributed by atoms with E-state index < -0.39 is 11.8 Å². The number of halogens is 1. The molecule has 0 heterocycles. The number of rotatable bonds is 6. The Balaban J connectivity index is 1.81. The molecule has 130 valence electrons. The summed E-state index contributed by atoms with van der Waals surface area (Å²) in [6.45, 7) is 0.363. The molecular weight excluding hydrogens is 342 g/mol. The molecule has 2 N–H and O–H groups in total. The standard InChI is InChI=1S/C18H18ClN3O3/c1-25-16-8-7-15(19)11-14(16)12-21-22-18(24)17(23)20-10-9-13-5-3-2-4-6-13/h2-8,11-12H,9-10H2,1H3,(H,20,23)(H,22,24)/b21-12-. The molecule has 6 nitrogen and oxygen atoms in total. The molecule has 0 aliphatic heterocycles. The van der Waals surface area contributed by atoms with Gasteiger partial charge in [0.1, 0.15) is 5.75 Å². The Kier molecular flexibility index (Phi) is 6.98. The summed E-state index contributed by atoms with van der Waals surface area (Å²) in [5.74, 6) is -1.04. The lowest BCUT2D eigenvalue weighted by Crippen LogP contribution is -2.38. The van der Waals surface area contributed by atoms with Gasteiger partial charge in [-0.2, -0.15) is 5.10 Å². The fourth-order valence-corrected chi connectivity index (χ4v) is 2.24. The molecule has 25 heavy (non-hydrogen) atoms. The second-order valence-electron chi connectivity index (χ2n) is 5.08. The highest BCUT2D eigenvalue weighted by atomic mass is 35.5. The van der Waals surface area contributed by atoms with E-state index >= 15 is 0 Å². The van der Waals surface area contributed by atoms with Gasteiger partial charge in [-0.15, -0.1) is 0 Å². The van der Waals surface area contributed by atoms with Crippen LogP contribution in [0, 0.1) is 0 Å². The lowest BCUT2D eigenvalue weighted by atomic mass is 10.1. The lowest BCUT2D eigenvalue weighted by molar-refractivity contribution is -0.139. The minimum absolute atomic E-state index is 0.363. The first-order valence-electron chi connectivity index (χ1n) is 7.59. The van der Waals surface area contributed by atoms with Gasteiger partial charge in [-0.3, -0.25) is 9.59 Å². The van der Waals surface area contributed by atoms with Crippen molar-refractivity contribution in [1.29, 1.82) is 0 Å². The zero-order valence-corrected chi connectivity index (χ0v) is 14.4. The largest absolute Gasteiger partial charge is 0.496 e. The first-order valence-corrected chi connectivity index (χ1v) is 7.96. The molecule has 0 spiro atoms. The van der Waals surface area contributed by atoms with Crippen LogP contribution in [0.5, 0.6) is 5.75 Å². The zero-order valence-electron chi connectivity index (χ0n) is 13.7. The maximum Gasteiger partial charge on any atom is 0.329 e.